The highest BCUT2D eigenvalue weighted by Crippen LogP contribution is 2.27. The number of benzene rings is 1. The van der Waals surface area contributed by atoms with Gasteiger partial charge >= 0.3 is 0 Å². The van der Waals surface area contributed by atoms with Crippen molar-refractivity contribution < 1.29 is 9.72 Å². The van der Waals surface area contributed by atoms with Gasteiger partial charge in [0.05, 0.1) is 14.1 Å². The van der Waals surface area contributed by atoms with E-state index in [0.29, 0.717) is 20.4 Å². The number of anilines is 1. The average Bonchev–Trinajstić information content (AvgIpc) is 2.85. The van der Waals surface area contributed by atoms with Crippen LogP contribution in [0.25, 0.3) is 12.2 Å². The molecule has 0 amide bonds. The maximum absolute atomic E-state index is 12.1. The average molecular weight is 375 g/mol. The summed E-state index contributed by atoms with van der Waals surface area (Å²) in [4.78, 5) is 39.3. The number of nitrogens with one attached hydrogen (secondary N) is 1. The van der Waals surface area contributed by atoms with Crippen LogP contribution in [-0.4, -0.2) is 29.8 Å². The van der Waals surface area contributed by atoms with Crippen LogP contribution in [0.1, 0.15) is 26.3 Å². The molecule has 0 fully saturated rings. The van der Waals surface area contributed by atoms with Crippen LogP contribution in [0.15, 0.2) is 23.0 Å². The topological polar surface area (TPSA) is 96.3 Å². The van der Waals surface area contributed by atoms with Gasteiger partial charge in [0.1, 0.15) is 5.69 Å². The molecule has 1 N–H and O–H groups in total. The summed E-state index contributed by atoms with van der Waals surface area (Å²) in [5.74, 6) is -0.0903. The third-order valence-corrected chi connectivity index (χ3v) is 4.62. The summed E-state index contributed by atoms with van der Waals surface area (Å²) in [5, 5.41) is 11.3. The molecule has 8 heteroatoms. The predicted octanol–water partition coefficient (Wildman–Crippen LogP) is 1.64. The van der Waals surface area contributed by atoms with Gasteiger partial charge in [-0.2, -0.15) is 0 Å². The van der Waals surface area contributed by atoms with Crippen LogP contribution in [-0.2, 0) is 4.79 Å². The number of hydrogen-bond donors (Lipinski definition) is 1. The van der Waals surface area contributed by atoms with Gasteiger partial charge < -0.3 is 9.88 Å². The predicted molar refractivity (Wildman–Crippen MR) is 104 cm³/mol. The van der Waals surface area contributed by atoms with Gasteiger partial charge in [-0.15, -0.1) is 11.3 Å². The van der Waals surface area contributed by atoms with Crippen LogP contribution in [0.3, 0.4) is 0 Å². The first-order valence-corrected chi connectivity index (χ1v) is 8.73. The number of H-pyrrole nitrogens is 1. The number of carbonyl (C=O) groups excluding carboxylic acids is 1. The lowest BCUT2D eigenvalue weighted by Gasteiger charge is -2.12. The van der Waals surface area contributed by atoms with Crippen LogP contribution in [0.2, 0.25) is 0 Å². The molecule has 7 nitrogen and oxygen atoms in total. The molecule has 0 radical (unpaired) electrons. The molecule has 1 heterocycles. The molecule has 0 atom stereocenters. The monoisotopic (exact) mass is 375 g/mol. The third-order valence-electron chi connectivity index (χ3n) is 3.66. The van der Waals surface area contributed by atoms with Crippen molar-refractivity contribution in [1.82, 2.24) is 4.98 Å². The van der Waals surface area contributed by atoms with Crippen molar-refractivity contribution in [2.75, 3.05) is 19.0 Å². The van der Waals surface area contributed by atoms with Crippen molar-refractivity contribution >= 4 is 40.6 Å². The Morgan fingerprint density at radius 1 is 1.31 bits per heavy atom. The van der Waals surface area contributed by atoms with E-state index < -0.39 is 10.3 Å². The fraction of sp³-hybridized carbons (Fsp3) is 0.333. The summed E-state index contributed by atoms with van der Waals surface area (Å²) in [6, 6.07) is 4.78. The van der Waals surface area contributed by atoms with Gasteiger partial charge in [0, 0.05) is 31.7 Å². The Labute approximate surface area is 154 Å². The smallest absolute Gasteiger partial charge is 0.293 e. The minimum absolute atomic E-state index is 0.0357. The molecule has 0 bridgehead atoms. The number of ketones is 1. The number of hydrogen-bond acceptors (Lipinski definition) is 6. The summed E-state index contributed by atoms with van der Waals surface area (Å²) in [6.07, 6.45) is 3.00. The lowest BCUT2D eigenvalue weighted by atomic mass is 9.91. The largest absolute Gasteiger partial charge is 0.372 e. The summed E-state index contributed by atoms with van der Waals surface area (Å²) in [7, 11) is 3.45. The Hall–Kier alpha value is -2.74. The molecular weight excluding hydrogens is 354 g/mol. The first-order chi connectivity index (χ1) is 12.0. The van der Waals surface area contributed by atoms with E-state index in [1.807, 2.05) is 0 Å². The molecule has 0 aliphatic rings. The van der Waals surface area contributed by atoms with Gasteiger partial charge in [-0.05, 0) is 17.7 Å². The van der Waals surface area contributed by atoms with E-state index >= 15 is 0 Å². The zero-order valence-corrected chi connectivity index (χ0v) is 16.1. The fourth-order valence-electron chi connectivity index (χ4n) is 2.17. The van der Waals surface area contributed by atoms with E-state index in [0.717, 1.165) is 11.3 Å². The zero-order chi connectivity index (χ0) is 19.6. The fourth-order valence-corrected chi connectivity index (χ4v) is 3.05. The Kier molecular flexibility index (Phi) is 5.46. The van der Waals surface area contributed by atoms with Crippen LogP contribution in [0, 0.1) is 15.5 Å². The number of thiazole rings is 1. The standard InChI is InChI=1S/C18H21N3O4S/c1-18(2,3)15(22)10-16-19-17(23)14(26-16)9-11-6-7-12(20(4)5)13(8-11)21(24)25/h6-10H,1-5H3,(H,19,23)/b14-9+,16-10+. The lowest BCUT2D eigenvalue weighted by Crippen LogP contribution is -2.22. The highest BCUT2D eigenvalue weighted by molar-refractivity contribution is 7.07. The number of Topliss-reactive ketones (excluding diaryl/α,β-unsaturated/α-hetero) is 1. The van der Waals surface area contributed by atoms with Crippen molar-refractivity contribution in [2.45, 2.75) is 20.8 Å². The van der Waals surface area contributed by atoms with Gasteiger partial charge in [-0.25, -0.2) is 0 Å². The van der Waals surface area contributed by atoms with Crippen molar-refractivity contribution in [3.63, 3.8) is 0 Å². The summed E-state index contributed by atoms with van der Waals surface area (Å²) < 4.78 is 0.838. The number of nitro groups is 1. The van der Waals surface area contributed by atoms with E-state index in [2.05, 4.69) is 4.98 Å². The highest BCUT2D eigenvalue weighted by atomic mass is 32.1. The number of aromatic amines is 1. The SMILES string of the molecule is CN(C)c1ccc(/C=c2/s/c(=C/C(=O)C(C)(C)C)[nH]c2=O)cc1[N+](=O)[O-]. The second-order valence-electron chi connectivity index (χ2n) is 7.09. The van der Waals surface area contributed by atoms with E-state index in [9.17, 15) is 19.7 Å². The van der Waals surface area contributed by atoms with Crippen LogP contribution < -0.4 is 19.7 Å². The maximum atomic E-state index is 12.1. The summed E-state index contributed by atoms with van der Waals surface area (Å²) in [5.41, 5.74) is 0.127. The Morgan fingerprint density at radius 3 is 2.50 bits per heavy atom. The van der Waals surface area contributed by atoms with Crippen LogP contribution >= 0.6 is 11.3 Å². The van der Waals surface area contributed by atoms with E-state index in [4.69, 9.17) is 0 Å². The van der Waals surface area contributed by atoms with Gasteiger partial charge in [-0.1, -0.05) is 26.8 Å². The molecular formula is C18H21N3O4S. The number of nitrogens with zero attached hydrogens (tertiary/aromatic N) is 2. The Bertz CT molecular complexity index is 1030. The summed E-state index contributed by atoms with van der Waals surface area (Å²) >= 11 is 1.14. The second kappa shape index (κ2) is 7.25. The Balaban J connectivity index is 2.54. The third kappa shape index (κ3) is 4.45. The summed E-state index contributed by atoms with van der Waals surface area (Å²) in [6.45, 7) is 5.40. The molecule has 1 aromatic heterocycles. The first kappa shape index (κ1) is 19.6. The quantitative estimate of drug-likeness (QED) is 0.647. The van der Waals surface area contributed by atoms with Crippen molar-refractivity contribution in [1.29, 1.82) is 0 Å². The van der Waals surface area contributed by atoms with Gasteiger partial charge in [0.2, 0.25) is 0 Å². The number of carbonyl (C=O) groups is 1. The van der Waals surface area contributed by atoms with Crippen molar-refractivity contribution in [2.24, 2.45) is 5.41 Å². The van der Waals surface area contributed by atoms with Crippen molar-refractivity contribution in [3.05, 3.63) is 53.4 Å². The molecule has 0 aliphatic carbocycles. The van der Waals surface area contributed by atoms with Gasteiger partial charge in [-0.3, -0.25) is 19.7 Å². The molecule has 26 heavy (non-hydrogen) atoms. The van der Waals surface area contributed by atoms with E-state index in [-0.39, 0.29) is 17.0 Å². The number of aromatic nitrogens is 1. The molecule has 1 aromatic carbocycles. The lowest BCUT2D eigenvalue weighted by molar-refractivity contribution is -0.384. The van der Waals surface area contributed by atoms with Crippen LogP contribution in [0.5, 0.6) is 0 Å². The minimum atomic E-state index is -0.534. The van der Waals surface area contributed by atoms with E-state index in [1.54, 1.807) is 58.0 Å². The molecule has 2 rings (SSSR count). The van der Waals surface area contributed by atoms with Crippen LogP contribution in [0.4, 0.5) is 11.4 Å². The number of nitro benzene ring substituents is 1. The molecule has 0 spiro atoms. The molecule has 0 saturated carbocycles. The minimum Gasteiger partial charge on any atom is -0.372 e. The molecule has 0 saturated heterocycles. The number of rotatable bonds is 4. The second-order valence-corrected chi connectivity index (χ2v) is 8.17. The molecule has 2 aromatic rings. The molecule has 138 valence electrons. The van der Waals surface area contributed by atoms with Gasteiger partial charge in [0.15, 0.2) is 5.78 Å². The zero-order valence-electron chi connectivity index (χ0n) is 15.3. The molecule has 0 aliphatic heterocycles. The normalized spacial score (nSPS) is 13.1. The van der Waals surface area contributed by atoms with Gasteiger partial charge in [0.25, 0.3) is 11.2 Å². The highest BCUT2D eigenvalue weighted by Gasteiger charge is 2.19. The van der Waals surface area contributed by atoms with E-state index in [1.165, 1.54) is 12.1 Å². The first-order valence-electron chi connectivity index (χ1n) is 7.92. The molecule has 0 unspecified atom stereocenters. The maximum Gasteiger partial charge on any atom is 0.293 e. The van der Waals surface area contributed by atoms with Crippen molar-refractivity contribution in [3.8, 4) is 0 Å². The Morgan fingerprint density at radius 2 is 1.96 bits per heavy atom.